The number of halogens is 2. The van der Waals surface area contributed by atoms with E-state index in [-0.39, 0.29) is 12.4 Å². The summed E-state index contributed by atoms with van der Waals surface area (Å²) in [5.41, 5.74) is 0.234. The molecule has 0 aliphatic heterocycles. The zero-order valence-electron chi connectivity index (χ0n) is 6.60. The molecule has 0 bridgehead atoms. The second-order valence-electron chi connectivity index (χ2n) is 2.23. The van der Waals surface area contributed by atoms with Gasteiger partial charge in [-0.2, -0.15) is 0 Å². The first-order chi connectivity index (χ1) is 5.74. The third kappa shape index (κ3) is 2.17. The van der Waals surface area contributed by atoms with Gasteiger partial charge in [0, 0.05) is 13.2 Å². The van der Waals surface area contributed by atoms with Crippen LogP contribution in [0.2, 0.25) is 0 Å². The van der Waals surface area contributed by atoms with Gasteiger partial charge in [0.15, 0.2) is 0 Å². The second-order valence-corrected chi connectivity index (χ2v) is 2.23. The number of nitrogens with one attached hydrogen (secondary N) is 1. The molecular formula is C8H9F2NO. The molecule has 4 heteroatoms. The van der Waals surface area contributed by atoms with Gasteiger partial charge in [-0.1, -0.05) is 0 Å². The molecule has 0 heterocycles. The van der Waals surface area contributed by atoms with Gasteiger partial charge in [0.25, 0.3) is 0 Å². The van der Waals surface area contributed by atoms with E-state index in [0.29, 0.717) is 0 Å². The molecule has 0 spiro atoms. The van der Waals surface area contributed by atoms with Crippen LogP contribution in [-0.4, -0.2) is 13.8 Å². The summed E-state index contributed by atoms with van der Waals surface area (Å²) >= 11 is 0. The summed E-state index contributed by atoms with van der Waals surface area (Å²) in [5.74, 6) is -1.21. The Morgan fingerprint density at radius 2 is 2.17 bits per heavy atom. The molecule has 0 aliphatic carbocycles. The number of benzene rings is 1. The van der Waals surface area contributed by atoms with Crippen LogP contribution >= 0.6 is 0 Å². The maximum atomic E-state index is 12.8. The highest BCUT2D eigenvalue weighted by atomic mass is 19.1. The van der Waals surface area contributed by atoms with Crippen LogP contribution in [0.3, 0.4) is 0 Å². The smallest absolute Gasteiger partial charge is 0.149 e. The number of anilines is 1. The van der Waals surface area contributed by atoms with Gasteiger partial charge in [0.1, 0.15) is 18.4 Å². The lowest BCUT2D eigenvalue weighted by Crippen LogP contribution is -2.04. The van der Waals surface area contributed by atoms with Gasteiger partial charge in [-0.05, 0) is 12.1 Å². The van der Waals surface area contributed by atoms with E-state index < -0.39 is 11.6 Å². The van der Waals surface area contributed by atoms with Crippen LogP contribution in [0.15, 0.2) is 18.2 Å². The largest absolute Gasteiger partial charge is 0.365 e. The van der Waals surface area contributed by atoms with Crippen LogP contribution in [0.25, 0.3) is 0 Å². The highest BCUT2D eigenvalue weighted by Gasteiger charge is 2.01. The molecule has 1 N–H and O–H groups in total. The number of hydrogen-bond donors (Lipinski definition) is 1. The Bertz CT molecular complexity index is 265. The van der Waals surface area contributed by atoms with Crippen molar-refractivity contribution in [2.45, 2.75) is 0 Å². The second kappa shape index (κ2) is 4.01. The molecule has 2 nitrogen and oxygen atoms in total. The fourth-order valence-electron chi connectivity index (χ4n) is 0.783. The Labute approximate surface area is 69.2 Å². The summed E-state index contributed by atoms with van der Waals surface area (Å²) in [6, 6.07) is 3.32. The highest BCUT2D eigenvalue weighted by Crippen LogP contribution is 2.14. The zero-order chi connectivity index (χ0) is 8.97. The Kier molecular flexibility index (Phi) is 2.99. The van der Waals surface area contributed by atoms with E-state index in [0.717, 1.165) is 6.07 Å². The van der Waals surface area contributed by atoms with Crippen molar-refractivity contribution >= 4 is 5.69 Å². The molecule has 0 aromatic heterocycles. The van der Waals surface area contributed by atoms with Gasteiger partial charge in [0.05, 0.1) is 5.69 Å². The van der Waals surface area contributed by atoms with Gasteiger partial charge in [-0.15, -0.1) is 0 Å². The molecule has 0 fully saturated rings. The Morgan fingerprint density at radius 1 is 1.42 bits per heavy atom. The summed E-state index contributed by atoms with van der Waals surface area (Å²) in [5, 5.41) is 2.63. The molecule has 66 valence electrons. The maximum absolute atomic E-state index is 12.8. The van der Waals surface area contributed by atoms with Crippen molar-refractivity contribution in [3.8, 4) is 0 Å². The van der Waals surface area contributed by atoms with Gasteiger partial charge >= 0.3 is 0 Å². The fourth-order valence-corrected chi connectivity index (χ4v) is 0.783. The summed E-state index contributed by atoms with van der Waals surface area (Å²) in [6.07, 6.45) is 0. The minimum Gasteiger partial charge on any atom is -0.365 e. The summed E-state index contributed by atoms with van der Waals surface area (Å²) in [7, 11) is 1.48. The topological polar surface area (TPSA) is 21.3 Å². The van der Waals surface area contributed by atoms with Crippen molar-refractivity contribution < 1.29 is 13.5 Å². The van der Waals surface area contributed by atoms with Crippen molar-refractivity contribution in [1.82, 2.24) is 0 Å². The van der Waals surface area contributed by atoms with Crippen LogP contribution < -0.4 is 5.32 Å². The molecule has 0 aliphatic rings. The standard InChI is InChI=1S/C8H9F2NO/c1-12-5-11-8-3-2-6(9)4-7(8)10/h2-4,11H,5H2,1H3. The van der Waals surface area contributed by atoms with Crippen LogP contribution in [0.1, 0.15) is 0 Å². The molecule has 1 aromatic rings. The van der Waals surface area contributed by atoms with E-state index >= 15 is 0 Å². The molecule has 0 unspecified atom stereocenters. The van der Waals surface area contributed by atoms with E-state index in [1.165, 1.54) is 19.2 Å². The Balaban J connectivity index is 2.72. The van der Waals surface area contributed by atoms with E-state index in [9.17, 15) is 8.78 Å². The molecule has 0 radical (unpaired) electrons. The predicted octanol–water partition coefficient (Wildman–Crippen LogP) is 1.98. The highest BCUT2D eigenvalue weighted by molar-refractivity contribution is 5.44. The SMILES string of the molecule is COCNc1ccc(F)cc1F. The molecule has 0 amide bonds. The summed E-state index contributed by atoms with van der Waals surface area (Å²) < 4.78 is 29.8. The zero-order valence-corrected chi connectivity index (χ0v) is 6.60. The third-order valence-corrected chi connectivity index (χ3v) is 1.34. The average molecular weight is 173 g/mol. The van der Waals surface area contributed by atoms with Crippen LogP contribution in [0.4, 0.5) is 14.5 Å². The van der Waals surface area contributed by atoms with E-state index in [1.807, 2.05) is 0 Å². The molecular weight excluding hydrogens is 164 g/mol. The number of hydrogen-bond acceptors (Lipinski definition) is 2. The van der Waals surface area contributed by atoms with Crippen molar-refractivity contribution in [3.63, 3.8) is 0 Å². The maximum Gasteiger partial charge on any atom is 0.149 e. The molecule has 0 atom stereocenters. The first-order valence-corrected chi connectivity index (χ1v) is 3.42. The van der Waals surface area contributed by atoms with E-state index in [4.69, 9.17) is 0 Å². The first kappa shape index (κ1) is 8.93. The Hall–Kier alpha value is -1.16. The van der Waals surface area contributed by atoms with E-state index in [2.05, 4.69) is 10.1 Å². The minimum absolute atomic E-state index is 0.197. The van der Waals surface area contributed by atoms with Gasteiger partial charge in [-0.3, -0.25) is 0 Å². The van der Waals surface area contributed by atoms with Gasteiger partial charge in [-0.25, -0.2) is 8.78 Å². The fraction of sp³-hybridized carbons (Fsp3) is 0.250. The number of rotatable bonds is 3. The van der Waals surface area contributed by atoms with Gasteiger partial charge < -0.3 is 10.1 Å². The van der Waals surface area contributed by atoms with Crippen molar-refractivity contribution in [2.24, 2.45) is 0 Å². The lowest BCUT2D eigenvalue weighted by Gasteiger charge is -2.05. The summed E-state index contributed by atoms with van der Waals surface area (Å²) in [4.78, 5) is 0. The number of ether oxygens (including phenoxy) is 1. The van der Waals surface area contributed by atoms with Crippen molar-refractivity contribution in [2.75, 3.05) is 19.2 Å². The Morgan fingerprint density at radius 3 is 2.75 bits per heavy atom. The minimum atomic E-state index is -0.618. The lowest BCUT2D eigenvalue weighted by molar-refractivity contribution is 0.221. The third-order valence-electron chi connectivity index (χ3n) is 1.34. The predicted molar refractivity (Wildman–Crippen MR) is 41.9 cm³/mol. The van der Waals surface area contributed by atoms with Gasteiger partial charge in [0.2, 0.25) is 0 Å². The molecule has 0 saturated carbocycles. The van der Waals surface area contributed by atoms with Crippen LogP contribution in [0.5, 0.6) is 0 Å². The number of methoxy groups -OCH3 is 1. The van der Waals surface area contributed by atoms with E-state index in [1.54, 1.807) is 0 Å². The normalized spacial score (nSPS) is 9.92. The summed E-state index contributed by atoms with van der Waals surface area (Å²) in [6.45, 7) is 0.197. The van der Waals surface area contributed by atoms with Crippen molar-refractivity contribution in [1.29, 1.82) is 0 Å². The molecule has 12 heavy (non-hydrogen) atoms. The van der Waals surface area contributed by atoms with Crippen LogP contribution in [-0.2, 0) is 4.74 Å². The molecule has 1 aromatic carbocycles. The van der Waals surface area contributed by atoms with Crippen LogP contribution in [0, 0.1) is 11.6 Å². The van der Waals surface area contributed by atoms with Crippen molar-refractivity contribution in [3.05, 3.63) is 29.8 Å². The average Bonchev–Trinajstić information content (AvgIpc) is 2.03. The molecule has 1 rings (SSSR count). The lowest BCUT2D eigenvalue weighted by atomic mass is 10.3. The first-order valence-electron chi connectivity index (χ1n) is 3.42. The monoisotopic (exact) mass is 173 g/mol. The quantitative estimate of drug-likeness (QED) is 0.705. The molecule has 0 saturated heterocycles.